The van der Waals surface area contributed by atoms with Crippen molar-refractivity contribution in [2.75, 3.05) is 33.4 Å². The summed E-state index contributed by atoms with van der Waals surface area (Å²) in [6, 6.07) is 0.656. The van der Waals surface area contributed by atoms with Gasteiger partial charge in [0.15, 0.2) is 0 Å². The smallest absolute Gasteiger partial charge is 0.0702 e. The van der Waals surface area contributed by atoms with Gasteiger partial charge in [-0.3, -0.25) is 0 Å². The predicted molar refractivity (Wildman–Crippen MR) is 75.2 cm³/mol. The fraction of sp³-hybridized carbons (Fsp3) is 1.00. The van der Waals surface area contributed by atoms with Crippen LogP contribution >= 0.6 is 0 Å². The Balaban J connectivity index is 1.55. The molecule has 4 nitrogen and oxygen atoms in total. The molecule has 3 aliphatic rings. The molecule has 1 heterocycles. The van der Waals surface area contributed by atoms with Crippen molar-refractivity contribution >= 4 is 0 Å². The second-order valence-corrected chi connectivity index (χ2v) is 6.84. The van der Waals surface area contributed by atoms with E-state index < -0.39 is 0 Å². The third-order valence-corrected chi connectivity index (χ3v) is 4.80. The topological polar surface area (TPSA) is 44.7 Å². The molecule has 0 amide bonds. The van der Waals surface area contributed by atoms with E-state index in [1.54, 1.807) is 0 Å². The van der Waals surface area contributed by atoms with Crippen molar-refractivity contribution in [2.45, 2.75) is 56.2 Å². The Labute approximate surface area is 116 Å². The van der Waals surface area contributed by atoms with Crippen molar-refractivity contribution in [3.63, 3.8) is 0 Å². The Morgan fingerprint density at radius 2 is 2.05 bits per heavy atom. The summed E-state index contributed by atoms with van der Waals surface area (Å²) in [6.07, 6.45) is 7.90. The summed E-state index contributed by atoms with van der Waals surface area (Å²) in [5.41, 5.74) is -0.0610. The minimum absolute atomic E-state index is 0.0610. The minimum Gasteiger partial charge on any atom is -0.394 e. The van der Waals surface area contributed by atoms with Gasteiger partial charge in [0, 0.05) is 25.7 Å². The minimum atomic E-state index is -0.0610. The molecule has 2 unspecified atom stereocenters. The number of nitrogens with one attached hydrogen (secondary N) is 1. The lowest BCUT2D eigenvalue weighted by molar-refractivity contribution is 0.0526. The van der Waals surface area contributed by atoms with Gasteiger partial charge < -0.3 is 20.1 Å². The molecule has 19 heavy (non-hydrogen) atoms. The number of aliphatic hydroxyl groups excluding tert-OH is 1. The van der Waals surface area contributed by atoms with Crippen LogP contribution in [0.5, 0.6) is 0 Å². The predicted octanol–water partition coefficient (Wildman–Crippen LogP) is 0.990. The van der Waals surface area contributed by atoms with Gasteiger partial charge in [0.2, 0.25) is 0 Å². The number of nitrogens with zero attached hydrogens (tertiary/aromatic N) is 1. The fourth-order valence-electron chi connectivity index (χ4n) is 3.47. The molecule has 2 saturated carbocycles. The first-order chi connectivity index (χ1) is 9.22. The highest BCUT2D eigenvalue weighted by Gasteiger charge is 2.47. The Kier molecular flexibility index (Phi) is 4.13. The SMILES string of the molecule is CN(CC1CCCO1)CC(CO)(NC1CC1)C1CC1. The number of hydrogen-bond acceptors (Lipinski definition) is 4. The number of hydrogen-bond donors (Lipinski definition) is 2. The van der Waals surface area contributed by atoms with Crippen molar-refractivity contribution in [2.24, 2.45) is 5.92 Å². The largest absolute Gasteiger partial charge is 0.394 e. The van der Waals surface area contributed by atoms with Crippen LogP contribution in [0.4, 0.5) is 0 Å². The van der Waals surface area contributed by atoms with Gasteiger partial charge in [0.05, 0.1) is 18.2 Å². The zero-order valence-electron chi connectivity index (χ0n) is 12.1. The number of likely N-dealkylation sites (N-methyl/N-ethyl adjacent to an activating group) is 1. The molecule has 0 spiro atoms. The maximum absolute atomic E-state index is 9.95. The molecule has 3 rings (SSSR count). The van der Waals surface area contributed by atoms with Crippen molar-refractivity contribution < 1.29 is 9.84 Å². The van der Waals surface area contributed by atoms with Crippen LogP contribution in [0.2, 0.25) is 0 Å². The molecule has 0 aromatic rings. The molecule has 3 fully saturated rings. The van der Waals surface area contributed by atoms with Gasteiger partial charge >= 0.3 is 0 Å². The quantitative estimate of drug-likeness (QED) is 0.689. The number of rotatable bonds is 8. The Morgan fingerprint density at radius 3 is 2.58 bits per heavy atom. The highest BCUT2D eigenvalue weighted by atomic mass is 16.5. The summed E-state index contributed by atoms with van der Waals surface area (Å²) >= 11 is 0. The van der Waals surface area contributed by atoms with Gasteiger partial charge in [-0.15, -0.1) is 0 Å². The van der Waals surface area contributed by atoms with E-state index in [9.17, 15) is 5.11 Å². The number of aliphatic hydroxyl groups is 1. The molecular weight excluding hydrogens is 240 g/mol. The van der Waals surface area contributed by atoms with Crippen LogP contribution < -0.4 is 5.32 Å². The van der Waals surface area contributed by atoms with Crippen LogP contribution in [0.15, 0.2) is 0 Å². The van der Waals surface area contributed by atoms with E-state index in [0.29, 0.717) is 18.1 Å². The van der Waals surface area contributed by atoms with Crippen LogP contribution in [0.25, 0.3) is 0 Å². The third kappa shape index (κ3) is 3.48. The second-order valence-electron chi connectivity index (χ2n) is 6.84. The molecule has 0 aromatic heterocycles. The lowest BCUT2D eigenvalue weighted by Crippen LogP contribution is -2.58. The summed E-state index contributed by atoms with van der Waals surface area (Å²) < 4.78 is 5.72. The Bertz CT molecular complexity index is 299. The van der Waals surface area contributed by atoms with E-state index >= 15 is 0 Å². The molecule has 2 atom stereocenters. The molecule has 0 bridgehead atoms. The lowest BCUT2D eigenvalue weighted by atomic mass is 9.93. The molecule has 4 heteroatoms. The first-order valence-corrected chi connectivity index (χ1v) is 7.90. The molecule has 2 N–H and O–H groups in total. The highest BCUT2D eigenvalue weighted by Crippen LogP contribution is 2.41. The van der Waals surface area contributed by atoms with Crippen LogP contribution in [0, 0.1) is 5.92 Å². The van der Waals surface area contributed by atoms with Gasteiger partial charge in [0.1, 0.15) is 0 Å². The summed E-state index contributed by atoms with van der Waals surface area (Å²) in [5, 5.41) is 13.7. The van der Waals surface area contributed by atoms with E-state index in [-0.39, 0.29) is 12.1 Å². The van der Waals surface area contributed by atoms with E-state index in [4.69, 9.17) is 4.74 Å². The Morgan fingerprint density at radius 1 is 1.26 bits per heavy atom. The zero-order valence-corrected chi connectivity index (χ0v) is 12.1. The van der Waals surface area contributed by atoms with Crippen molar-refractivity contribution in [1.82, 2.24) is 10.2 Å². The van der Waals surface area contributed by atoms with Crippen molar-refractivity contribution in [3.8, 4) is 0 Å². The van der Waals surface area contributed by atoms with E-state index in [2.05, 4.69) is 17.3 Å². The van der Waals surface area contributed by atoms with Gasteiger partial charge in [-0.2, -0.15) is 0 Å². The molecule has 0 aromatic carbocycles. The normalized spacial score (nSPS) is 30.8. The maximum Gasteiger partial charge on any atom is 0.0702 e. The molecule has 1 aliphatic heterocycles. The second kappa shape index (κ2) is 5.68. The van der Waals surface area contributed by atoms with E-state index in [1.165, 1.54) is 38.5 Å². The van der Waals surface area contributed by atoms with Crippen LogP contribution in [0.3, 0.4) is 0 Å². The summed E-state index contributed by atoms with van der Waals surface area (Å²) in [7, 11) is 2.17. The summed E-state index contributed by atoms with van der Waals surface area (Å²) in [5.74, 6) is 0.671. The summed E-state index contributed by atoms with van der Waals surface area (Å²) in [6.45, 7) is 3.14. The molecule has 110 valence electrons. The molecule has 0 radical (unpaired) electrons. The first kappa shape index (κ1) is 13.8. The lowest BCUT2D eigenvalue weighted by Gasteiger charge is -2.38. The van der Waals surface area contributed by atoms with Crippen LogP contribution in [-0.2, 0) is 4.74 Å². The third-order valence-electron chi connectivity index (χ3n) is 4.80. The zero-order chi connectivity index (χ0) is 13.3. The van der Waals surface area contributed by atoms with Gasteiger partial charge in [-0.25, -0.2) is 0 Å². The van der Waals surface area contributed by atoms with Gasteiger partial charge in [-0.1, -0.05) is 0 Å². The van der Waals surface area contributed by atoms with Crippen LogP contribution in [-0.4, -0.2) is 61.0 Å². The average molecular weight is 268 g/mol. The van der Waals surface area contributed by atoms with Gasteiger partial charge in [-0.05, 0) is 51.5 Å². The fourth-order valence-corrected chi connectivity index (χ4v) is 3.47. The standard InChI is InChI=1S/C15H28N2O2/c1-17(9-14-3-2-8-19-14)10-15(11-18,12-4-5-12)16-13-6-7-13/h12-14,16,18H,2-11H2,1H3. The molecule has 1 saturated heterocycles. The van der Waals surface area contributed by atoms with E-state index in [1.807, 2.05) is 0 Å². The van der Waals surface area contributed by atoms with E-state index in [0.717, 1.165) is 19.7 Å². The van der Waals surface area contributed by atoms with Crippen molar-refractivity contribution in [1.29, 1.82) is 0 Å². The monoisotopic (exact) mass is 268 g/mol. The maximum atomic E-state index is 9.95. The van der Waals surface area contributed by atoms with Gasteiger partial charge in [0.25, 0.3) is 0 Å². The summed E-state index contributed by atoms with van der Waals surface area (Å²) in [4.78, 5) is 2.36. The Hall–Kier alpha value is -0.160. The van der Waals surface area contributed by atoms with Crippen molar-refractivity contribution in [3.05, 3.63) is 0 Å². The molecule has 2 aliphatic carbocycles. The number of ether oxygens (including phenoxy) is 1. The first-order valence-electron chi connectivity index (χ1n) is 7.90. The van der Waals surface area contributed by atoms with Crippen LogP contribution in [0.1, 0.15) is 38.5 Å². The highest BCUT2D eigenvalue weighted by molar-refractivity contribution is 5.06. The average Bonchev–Trinajstić information content (AvgIpc) is 3.30. The molecular formula is C15H28N2O2.